The van der Waals surface area contributed by atoms with Crippen LogP contribution < -0.4 is 14.8 Å². The number of methoxy groups -OCH3 is 2. The van der Waals surface area contributed by atoms with Crippen molar-refractivity contribution in [3.8, 4) is 11.5 Å². The van der Waals surface area contributed by atoms with E-state index in [1.54, 1.807) is 25.6 Å². The number of aromatic nitrogens is 4. The molecule has 3 aromatic heterocycles. The summed E-state index contributed by atoms with van der Waals surface area (Å²) in [7, 11) is 5.31. The topological polar surface area (TPSA) is 77.3 Å². The molecule has 0 saturated heterocycles. The van der Waals surface area contributed by atoms with Crippen molar-refractivity contribution in [2.75, 3.05) is 32.6 Å². The second-order valence-electron chi connectivity index (χ2n) is 8.53. The molecule has 35 heavy (non-hydrogen) atoms. The Morgan fingerprint density at radius 1 is 1.06 bits per heavy atom. The minimum Gasteiger partial charge on any atom is -0.497 e. The molecule has 0 aliphatic rings. The van der Waals surface area contributed by atoms with Crippen LogP contribution >= 0.6 is 11.3 Å². The fourth-order valence-corrected chi connectivity index (χ4v) is 5.25. The molecule has 4 rings (SSSR count). The van der Waals surface area contributed by atoms with E-state index in [0.29, 0.717) is 6.54 Å². The summed E-state index contributed by atoms with van der Waals surface area (Å²) in [5, 5.41) is 4.79. The quantitative estimate of drug-likeness (QED) is 0.329. The number of benzene rings is 1. The lowest BCUT2D eigenvalue weighted by Crippen LogP contribution is -2.24. The Bertz CT molecular complexity index is 1290. The number of anilines is 1. The fourth-order valence-electron chi connectivity index (χ4n) is 4.20. The molecule has 1 N–H and O–H groups in total. The van der Waals surface area contributed by atoms with Crippen LogP contribution in [-0.2, 0) is 13.6 Å². The van der Waals surface area contributed by atoms with E-state index in [-0.39, 0.29) is 6.04 Å². The van der Waals surface area contributed by atoms with Crippen molar-refractivity contribution in [2.45, 2.75) is 40.3 Å². The molecule has 186 valence electrons. The zero-order valence-corrected chi connectivity index (χ0v) is 22.4. The highest BCUT2D eigenvalue weighted by molar-refractivity contribution is 7.18. The molecule has 0 amide bonds. The first kappa shape index (κ1) is 24.9. The molecule has 0 aliphatic carbocycles. The predicted molar refractivity (Wildman–Crippen MR) is 142 cm³/mol. The van der Waals surface area contributed by atoms with E-state index in [4.69, 9.17) is 19.4 Å². The SMILES string of the molecule is CCN(CC)Cc1nc(NC(c2cc(OC)cc(OC)c2)c2nccn2C)c2c(C)c(C)sc2n1. The predicted octanol–water partition coefficient (Wildman–Crippen LogP) is 5.10. The van der Waals surface area contributed by atoms with Crippen LogP contribution in [0.25, 0.3) is 10.2 Å². The van der Waals surface area contributed by atoms with Crippen molar-refractivity contribution < 1.29 is 9.47 Å². The maximum Gasteiger partial charge on any atom is 0.146 e. The summed E-state index contributed by atoms with van der Waals surface area (Å²) in [5.41, 5.74) is 2.17. The normalized spacial score (nSPS) is 12.3. The van der Waals surface area contributed by atoms with Crippen molar-refractivity contribution in [3.05, 3.63) is 58.2 Å². The van der Waals surface area contributed by atoms with Gasteiger partial charge in [0.05, 0.1) is 26.2 Å². The Balaban J connectivity index is 1.87. The van der Waals surface area contributed by atoms with Crippen LogP contribution in [0, 0.1) is 13.8 Å². The van der Waals surface area contributed by atoms with Crippen molar-refractivity contribution in [2.24, 2.45) is 7.05 Å². The molecule has 9 heteroatoms. The summed E-state index contributed by atoms with van der Waals surface area (Å²) in [6.07, 6.45) is 3.76. The Kier molecular flexibility index (Phi) is 7.57. The van der Waals surface area contributed by atoms with Crippen molar-refractivity contribution in [3.63, 3.8) is 0 Å². The molecule has 1 unspecified atom stereocenters. The third kappa shape index (κ3) is 5.11. The molecule has 3 heterocycles. The van der Waals surface area contributed by atoms with E-state index in [9.17, 15) is 0 Å². The summed E-state index contributed by atoms with van der Waals surface area (Å²) in [6.45, 7) is 11.2. The molecule has 1 atom stereocenters. The summed E-state index contributed by atoms with van der Waals surface area (Å²) in [6, 6.07) is 5.61. The highest BCUT2D eigenvalue weighted by Gasteiger charge is 2.24. The van der Waals surface area contributed by atoms with Crippen LogP contribution in [0.1, 0.15) is 47.5 Å². The zero-order valence-electron chi connectivity index (χ0n) is 21.5. The van der Waals surface area contributed by atoms with Crippen LogP contribution in [0.15, 0.2) is 30.6 Å². The molecule has 4 aromatic rings. The number of fused-ring (bicyclic) bond motifs is 1. The highest BCUT2D eigenvalue weighted by atomic mass is 32.1. The smallest absolute Gasteiger partial charge is 0.146 e. The number of nitrogens with one attached hydrogen (secondary N) is 1. The average Bonchev–Trinajstić information content (AvgIpc) is 3.42. The van der Waals surface area contributed by atoms with Gasteiger partial charge >= 0.3 is 0 Å². The van der Waals surface area contributed by atoms with Gasteiger partial charge < -0.3 is 19.4 Å². The molecule has 1 aromatic carbocycles. The van der Waals surface area contributed by atoms with E-state index >= 15 is 0 Å². The number of ether oxygens (including phenoxy) is 2. The Morgan fingerprint density at radius 2 is 1.74 bits per heavy atom. The largest absolute Gasteiger partial charge is 0.497 e. The van der Waals surface area contributed by atoms with Gasteiger partial charge in [-0.1, -0.05) is 13.8 Å². The third-order valence-corrected chi connectivity index (χ3v) is 7.54. The summed E-state index contributed by atoms with van der Waals surface area (Å²) < 4.78 is 13.1. The van der Waals surface area contributed by atoms with Gasteiger partial charge in [-0.3, -0.25) is 4.90 Å². The Labute approximate surface area is 210 Å². The monoisotopic (exact) mass is 494 g/mol. The molecular weight excluding hydrogens is 460 g/mol. The molecule has 0 fully saturated rings. The second-order valence-corrected chi connectivity index (χ2v) is 9.74. The zero-order chi connectivity index (χ0) is 25.1. The first-order chi connectivity index (χ1) is 16.9. The number of aryl methyl sites for hydroxylation is 3. The standard InChI is InChI=1S/C26H34N6O2S/c1-8-32(9-2)15-21-28-24(22-16(3)17(4)35-26(22)29-21)30-23(25-27-10-11-31(25)5)18-12-19(33-6)14-20(13-18)34-7/h10-14,23H,8-9,15H2,1-7H3,(H,28,29,30). The minimum atomic E-state index is -0.280. The number of nitrogens with zero attached hydrogens (tertiary/aromatic N) is 5. The lowest BCUT2D eigenvalue weighted by Gasteiger charge is -2.23. The highest BCUT2D eigenvalue weighted by Crippen LogP contribution is 2.37. The first-order valence-electron chi connectivity index (χ1n) is 11.8. The van der Waals surface area contributed by atoms with Gasteiger partial charge in [-0.05, 0) is 50.2 Å². The van der Waals surface area contributed by atoms with Crippen LogP contribution in [0.5, 0.6) is 11.5 Å². The van der Waals surface area contributed by atoms with Crippen molar-refractivity contribution in [1.29, 1.82) is 0 Å². The van der Waals surface area contributed by atoms with Gasteiger partial charge in [-0.25, -0.2) is 15.0 Å². The lowest BCUT2D eigenvalue weighted by molar-refractivity contribution is 0.289. The molecule has 0 aliphatic heterocycles. The summed E-state index contributed by atoms with van der Waals surface area (Å²) in [4.78, 5) is 19.2. The molecule has 0 bridgehead atoms. The van der Waals surface area contributed by atoms with E-state index in [2.05, 4.69) is 42.9 Å². The average molecular weight is 495 g/mol. The van der Waals surface area contributed by atoms with Crippen LogP contribution in [0.2, 0.25) is 0 Å². The van der Waals surface area contributed by atoms with Gasteiger partial charge in [-0.2, -0.15) is 0 Å². The van der Waals surface area contributed by atoms with E-state index in [1.165, 1.54) is 10.4 Å². The Hall–Kier alpha value is -3.17. The molecular formula is C26H34N6O2S. The van der Waals surface area contributed by atoms with E-state index < -0.39 is 0 Å². The Morgan fingerprint density at radius 3 is 2.31 bits per heavy atom. The van der Waals surface area contributed by atoms with Gasteiger partial charge in [0.15, 0.2) is 0 Å². The lowest BCUT2D eigenvalue weighted by atomic mass is 10.0. The van der Waals surface area contributed by atoms with Gasteiger partial charge in [0, 0.05) is 30.4 Å². The fraction of sp³-hybridized carbons (Fsp3) is 0.423. The van der Waals surface area contributed by atoms with Gasteiger partial charge in [0.25, 0.3) is 0 Å². The van der Waals surface area contributed by atoms with Gasteiger partial charge in [0.1, 0.15) is 39.8 Å². The number of rotatable bonds is 10. The van der Waals surface area contributed by atoms with E-state index in [1.807, 2.05) is 42.2 Å². The van der Waals surface area contributed by atoms with Crippen molar-refractivity contribution >= 4 is 27.4 Å². The van der Waals surface area contributed by atoms with Gasteiger partial charge in [-0.15, -0.1) is 11.3 Å². The number of thiophene rings is 1. The van der Waals surface area contributed by atoms with E-state index in [0.717, 1.165) is 57.8 Å². The minimum absolute atomic E-state index is 0.280. The molecule has 0 spiro atoms. The van der Waals surface area contributed by atoms with Crippen LogP contribution in [0.3, 0.4) is 0 Å². The number of imidazole rings is 1. The summed E-state index contributed by atoms with van der Waals surface area (Å²) >= 11 is 1.71. The molecule has 0 radical (unpaired) electrons. The number of hydrogen-bond acceptors (Lipinski definition) is 8. The molecule has 0 saturated carbocycles. The first-order valence-corrected chi connectivity index (χ1v) is 12.7. The maximum absolute atomic E-state index is 5.56. The second kappa shape index (κ2) is 10.6. The van der Waals surface area contributed by atoms with Gasteiger partial charge in [0.2, 0.25) is 0 Å². The van der Waals surface area contributed by atoms with Crippen LogP contribution in [-0.4, -0.2) is 51.7 Å². The summed E-state index contributed by atoms with van der Waals surface area (Å²) in [5.74, 6) is 3.93. The molecule has 8 nitrogen and oxygen atoms in total. The number of hydrogen-bond donors (Lipinski definition) is 1. The third-order valence-electron chi connectivity index (χ3n) is 6.44. The van der Waals surface area contributed by atoms with Crippen molar-refractivity contribution in [1.82, 2.24) is 24.4 Å². The maximum atomic E-state index is 5.56. The van der Waals surface area contributed by atoms with Crippen LogP contribution in [0.4, 0.5) is 5.82 Å².